The van der Waals surface area contributed by atoms with Crippen molar-refractivity contribution in [1.82, 2.24) is 5.16 Å². The monoisotopic (exact) mass is 302 g/mol. The molecule has 2 N–H and O–H groups in total. The number of halogens is 4. The highest BCUT2D eigenvalue weighted by Gasteiger charge is 2.34. The van der Waals surface area contributed by atoms with E-state index in [9.17, 15) is 17.6 Å². The van der Waals surface area contributed by atoms with Crippen molar-refractivity contribution in [3.8, 4) is 11.3 Å². The van der Waals surface area contributed by atoms with E-state index in [1.807, 2.05) is 13.8 Å². The molecule has 0 aliphatic carbocycles. The molecule has 1 aromatic heterocycles. The van der Waals surface area contributed by atoms with Gasteiger partial charge in [-0.3, -0.25) is 0 Å². The molecule has 7 heteroatoms. The van der Waals surface area contributed by atoms with Crippen LogP contribution in [0, 0.1) is 11.7 Å². The lowest BCUT2D eigenvalue weighted by atomic mass is 9.98. The molecule has 0 aliphatic rings. The van der Waals surface area contributed by atoms with Gasteiger partial charge in [-0.1, -0.05) is 19.0 Å². The first-order chi connectivity index (χ1) is 9.70. The minimum Gasteiger partial charge on any atom is -0.381 e. The Bertz CT molecular complexity index is 647. The molecular weight excluding hydrogens is 288 g/mol. The van der Waals surface area contributed by atoms with Gasteiger partial charge in [-0.25, -0.2) is 4.39 Å². The fourth-order valence-electron chi connectivity index (χ4n) is 2.04. The summed E-state index contributed by atoms with van der Waals surface area (Å²) in [6.45, 7) is 3.87. The van der Waals surface area contributed by atoms with E-state index in [0.29, 0.717) is 18.1 Å². The molecule has 0 radical (unpaired) electrons. The molecule has 0 aliphatic heterocycles. The molecule has 2 aromatic rings. The van der Waals surface area contributed by atoms with Gasteiger partial charge in [0.25, 0.3) is 0 Å². The Balaban J connectivity index is 2.53. The van der Waals surface area contributed by atoms with Crippen molar-refractivity contribution in [2.45, 2.75) is 26.4 Å². The molecule has 0 atom stereocenters. The van der Waals surface area contributed by atoms with E-state index in [1.54, 1.807) is 0 Å². The van der Waals surface area contributed by atoms with Gasteiger partial charge in [0, 0.05) is 11.1 Å². The second-order valence-corrected chi connectivity index (χ2v) is 5.17. The molecule has 21 heavy (non-hydrogen) atoms. The molecular formula is C14H14F4N2O. The number of nitrogens with zero attached hydrogens (tertiary/aromatic N) is 1. The highest BCUT2D eigenvalue weighted by molar-refractivity contribution is 5.67. The number of aromatic nitrogens is 1. The third-order valence-electron chi connectivity index (χ3n) is 2.96. The molecule has 1 aromatic carbocycles. The highest BCUT2D eigenvalue weighted by Crippen LogP contribution is 2.36. The number of anilines is 1. The summed E-state index contributed by atoms with van der Waals surface area (Å²) in [5.41, 5.74) is 4.97. The van der Waals surface area contributed by atoms with E-state index in [4.69, 9.17) is 10.3 Å². The summed E-state index contributed by atoms with van der Waals surface area (Å²) in [6.07, 6.45) is -4.27. The topological polar surface area (TPSA) is 52.0 Å². The zero-order valence-electron chi connectivity index (χ0n) is 11.5. The molecule has 114 valence electrons. The van der Waals surface area contributed by atoms with Crippen LogP contribution in [0.25, 0.3) is 11.3 Å². The van der Waals surface area contributed by atoms with Crippen molar-refractivity contribution in [1.29, 1.82) is 0 Å². The van der Waals surface area contributed by atoms with Crippen molar-refractivity contribution in [2.75, 3.05) is 5.73 Å². The summed E-state index contributed by atoms with van der Waals surface area (Å²) < 4.78 is 56.6. The predicted molar refractivity (Wildman–Crippen MR) is 69.9 cm³/mol. The van der Waals surface area contributed by atoms with Crippen LogP contribution in [0.1, 0.15) is 25.0 Å². The van der Waals surface area contributed by atoms with Gasteiger partial charge in [-0.15, -0.1) is 0 Å². The van der Waals surface area contributed by atoms with Gasteiger partial charge in [-0.05, 0) is 30.5 Å². The minimum atomic E-state index is -4.77. The Labute approximate surface area is 118 Å². The number of rotatable bonds is 3. The van der Waals surface area contributed by atoms with E-state index in [-0.39, 0.29) is 23.1 Å². The average molecular weight is 302 g/mol. The van der Waals surface area contributed by atoms with Crippen molar-refractivity contribution in [2.24, 2.45) is 5.92 Å². The number of hydrogen-bond donors (Lipinski definition) is 1. The van der Waals surface area contributed by atoms with Gasteiger partial charge in [0.05, 0.1) is 5.56 Å². The predicted octanol–water partition coefficient (Wildman–Crippen LogP) is 4.28. The molecule has 0 saturated heterocycles. The van der Waals surface area contributed by atoms with Gasteiger partial charge >= 0.3 is 6.18 Å². The van der Waals surface area contributed by atoms with Crippen LogP contribution in [0.3, 0.4) is 0 Å². The number of nitrogens with two attached hydrogens (primary N) is 1. The van der Waals surface area contributed by atoms with Crippen LogP contribution >= 0.6 is 0 Å². The third kappa shape index (κ3) is 3.17. The summed E-state index contributed by atoms with van der Waals surface area (Å²) in [6, 6.07) is 2.68. The first kappa shape index (κ1) is 15.3. The first-order valence-electron chi connectivity index (χ1n) is 6.31. The molecule has 0 saturated carbocycles. The van der Waals surface area contributed by atoms with Crippen LogP contribution < -0.4 is 5.73 Å². The highest BCUT2D eigenvalue weighted by atomic mass is 19.4. The molecule has 2 rings (SSSR count). The van der Waals surface area contributed by atoms with Crippen molar-refractivity contribution in [3.05, 3.63) is 35.1 Å². The number of nitrogen functional groups attached to an aromatic ring is 1. The van der Waals surface area contributed by atoms with Crippen molar-refractivity contribution < 1.29 is 22.1 Å². The average Bonchev–Trinajstić information content (AvgIpc) is 2.70. The fourth-order valence-corrected chi connectivity index (χ4v) is 2.04. The van der Waals surface area contributed by atoms with Crippen molar-refractivity contribution in [3.63, 3.8) is 0 Å². The fraction of sp³-hybridized carbons (Fsp3) is 0.357. The summed E-state index contributed by atoms with van der Waals surface area (Å²) >= 11 is 0. The third-order valence-corrected chi connectivity index (χ3v) is 2.96. The Morgan fingerprint density at radius 1 is 1.29 bits per heavy atom. The second-order valence-electron chi connectivity index (χ2n) is 5.17. The maximum Gasteiger partial charge on any atom is 0.419 e. The Hall–Kier alpha value is -2.05. The molecule has 0 bridgehead atoms. The number of alkyl halides is 3. The molecule has 1 heterocycles. The Morgan fingerprint density at radius 2 is 1.95 bits per heavy atom. The zero-order chi connectivity index (χ0) is 15.8. The SMILES string of the molecule is CC(C)Cc1c(N)noc1-c1ccc(F)c(C(F)(F)F)c1. The van der Waals surface area contributed by atoms with E-state index < -0.39 is 17.6 Å². The Morgan fingerprint density at radius 3 is 2.52 bits per heavy atom. The van der Waals surface area contributed by atoms with Crippen LogP contribution in [-0.4, -0.2) is 5.16 Å². The maximum atomic E-state index is 13.3. The number of hydrogen-bond acceptors (Lipinski definition) is 3. The Kier molecular flexibility index (Phi) is 3.93. The van der Waals surface area contributed by atoms with Crippen LogP contribution in [0.2, 0.25) is 0 Å². The van der Waals surface area contributed by atoms with E-state index in [0.717, 1.165) is 6.07 Å². The van der Waals surface area contributed by atoms with Gasteiger partial charge in [0.2, 0.25) is 0 Å². The molecule has 0 amide bonds. The second kappa shape index (κ2) is 5.38. The zero-order valence-corrected chi connectivity index (χ0v) is 11.5. The minimum absolute atomic E-state index is 0.101. The molecule has 0 fully saturated rings. The largest absolute Gasteiger partial charge is 0.419 e. The summed E-state index contributed by atoms with van der Waals surface area (Å²) in [7, 11) is 0. The maximum absolute atomic E-state index is 13.3. The normalized spacial score (nSPS) is 12.1. The lowest BCUT2D eigenvalue weighted by molar-refractivity contribution is -0.139. The molecule has 0 unspecified atom stereocenters. The summed E-state index contributed by atoms with van der Waals surface area (Å²) in [4.78, 5) is 0. The van der Waals surface area contributed by atoms with Gasteiger partial charge in [0.1, 0.15) is 5.82 Å². The summed E-state index contributed by atoms with van der Waals surface area (Å²) in [5.74, 6) is -0.833. The van der Waals surface area contributed by atoms with Crippen LogP contribution in [0.4, 0.5) is 23.4 Å². The van der Waals surface area contributed by atoms with Gasteiger partial charge in [-0.2, -0.15) is 13.2 Å². The van der Waals surface area contributed by atoms with Crippen LogP contribution in [0.15, 0.2) is 22.7 Å². The van der Waals surface area contributed by atoms with Crippen molar-refractivity contribution >= 4 is 5.82 Å². The van der Waals surface area contributed by atoms with E-state index >= 15 is 0 Å². The summed E-state index contributed by atoms with van der Waals surface area (Å²) in [5, 5.41) is 3.59. The first-order valence-corrected chi connectivity index (χ1v) is 6.31. The number of benzene rings is 1. The quantitative estimate of drug-likeness (QED) is 0.861. The standard InChI is InChI=1S/C14H14F4N2O/c1-7(2)5-9-12(21-20-13(9)19)8-3-4-11(15)10(6-8)14(16,17)18/h3-4,6-7H,5H2,1-2H3,(H2,19,20). The lowest BCUT2D eigenvalue weighted by Gasteiger charge is -2.10. The van der Waals surface area contributed by atoms with Crippen LogP contribution in [-0.2, 0) is 12.6 Å². The molecule has 3 nitrogen and oxygen atoms in total. The van der Waals surface area contributed by atoms with Gasteiger partial charge < -0.3 is 10.3 Å². The van der Waals surface area contributed by atoms with E-state index in [2.05, 4.69) is 5.16 Å². The van der Waals surface area contributed by atoms with Gasteiger partial charge in [0.15, 0.2) is 11.6 Å². The van der Waals surface area contributed by atoms with Crippen LogP contribution in [0.5, 0.6) is 0 Å². The van der Waals surface area contributed by atoms with E-state index in [1.165, 1.54) is 6.07 Å². The molecule has 0 spiro atoms. The smallest absolute Gasteiger partial charge is 0.381 e. The lowest BCUT2D eigenvalue weighted by Crippen LogP contribution is -2.08.